The average molecular weight is 354 g/mol. The summed E-state index contributed by atoms with van der Waals surface area (Å²) in [6.07, 6.45) is -0.0834. The molecule has 0 saturated carbocycles. The van der Waals surface area contributed by atoms with Crippen molar-refractivity contribution in [2.75, 3.05) is 18.5 Å². The third-order valence-electron chi connectivity index (χ3n) is 4.53. The third-order valence-corrected chi connectivity index (χ3v) is 4.53. The highest BCUT2D eigenvalue weighted by molar-refractivity contribution is 6.39. The van der Waals surface area contributed by atoms with Gasteiger partial charge in [0, 0.05) is 18.7 Å². The molecule has 2 amide bonds. The first-order valence-electron chi connectivity index (χ1n) is 8.54. The van der Waals surface area contributed by atoms with E-state index < -0.39 is 17.9 Å². The lowest BCUT2D eigenvalue weighted by Crippen LogP contribution is -2.37. The Morgan fingerprint density at radius 2 is 1.92 bits per heavy atom. The smallest absolute Gasteiger partial charge is 0.313 e. The molecule has 2 aromatic carbocycles. The van der Waals surface area contributed by atoms with Crippen molar-refractivity contribution in [3.8, 4) is 5.75 Å². The molecule has 136 valence electrons. The van der Waals surface area contributed by atoms with Crippen molar-refractivity contribution in [2.24, 2.45) is 0 Å². The minimum atomic E-state index is -0.890. The number of aryl methyl sites for hydroxylation is 2. The van der Waals surface area contributed by atoms with Crippen LogP contribution in [0.5, 0.6) is 5.75 Å². The number of carbonyl (C=O) groups excluding carboxylic acids is 2. The highest BCUT2D eigenvalue weighted by Crippen LogP contribution is 2.28. The van der Waals surface area contributed by atoms with Crippen LogP contribution in [0, 0.1) is 13.8 Å². The van der Waals surface area contributed by atoms with Crippen molar-refractivity contribution in [1.82, 2.24) is 5.32 Å². The summed E-state index contributed by atoms with van der Waals surface area (Å²) in [6.45, 7) is 4.51. The predicted molar refractivity (Wildman–Crippen MR) is 98.2 cm³/mol. The molecule has 0 fully saturated rings. The van der Waals surface area contributed by atoms with Gasteiger partial charge in [0.25, 0.3) is 0 Å². The Labute approximate surface area is 152 Å². The number of rotatable bonds is 4. The van der Waals surface area contributed by atoms with Crippen LogP contribution in [0.4, 0.5) is 5.69 Å². The number of fused-ring (bicyclic) bond motifs is 1. The maximum absolute atomic E-state index is 12.0. The van der Waals surface area contributed by atoms with Crippen molar-refractivity contribution in [3.63, 3.8) is 0 Å². The molecular weight excluding hydrogens is 332 g/mol. The van der Waals surface area contributed by atoms with Crippen molar-refractivity contribution in [3.05, 3.63) is 58.7 Å². The van der Waals surface area contributed by atoms with Crippen molar-refractivity contribution in [2.45, 2.75) is 26.4 Å². The fraction of sp³-hybridized carbons (Fsp3) is 0.300. The largest absolute Gasteiger partial charge is 0.493 e. The van der Waals surface area contributed by atoms with Crippen LogP contribution >= 0.6 is 0 Å². The molecule has 6 heteroatoms. The summed E-state index contributed by atoms with van der Waals surface area (Å²) in [4.78, 5) is 24.0. The van der Waals surface area contributed by atoms with Gasteiger partial charge in [-0.1, -0.05) is 12.1 Å². The Bertz CT molecular complexity index is 848. The van der Waals surface area contributed by atoms with E-state index in [9.17, 15) is 14.7 Å². The molecule has 0 spiro atoms. The molecule has 1 aliphatic rings. The monoisotopic (exact) mass is 354 g/mol. The molecule has 0 unspecified atom stereocenters. The van der Waals surface area contributed by atoms with Crippen LogP contribution in [-0.4, -0.2) is 30.1 Å². The van der Waals surface area contributed by atoms with E-state index in [-0.39, 0.29) is 6.54 Å². The number of carbonyl (C=O) groups is 2. The number of hydrogen-bond donors (Lipinski definition) is 3. The molecule has 1 heterocycles. The Kier molecular flexibility index (Phi) is 5.23. The standard InChI is InChI=1S/C20H22N2O4/c1-12-3-5-16(9-13(12)2)22-20(25)19(24)21-11-17(23)14-4-6-18-15(10-14)7-8-26-18/h3-6,9-10,17,23H,7-8,11H2,1-2H3,(H,21,24)(H,22,25)/t17-/m0/s1. The van der Waals surface area contributed by atoms with Gasteiger partial charge in [-0.2, -0.15) is 0 Å². The first kappa shape index (κ1) is 17.9. The Hall–Kier alpha value is -2.86. The van der Waals surface area contributed by atoms with Crippen LogP contribution in [0.1, 0.15) is 28.4 Å². The van der Waals surface area contributed by atoms with Gasteiger partial charge in [-0.05, 0) is 60.4 Å². The number of anilines is 1. The molecule has 26 heavy (non-hydrogen) atoms. The molecule has 0 aliphatic carbocycles. The lowest BCUT2D eigenvalue weighted by atomic mass is 10.0. The van der Waals surface area contributed by atoms with Gasteiger partial charge in [0.2, 0.25) is 0 Å². The normalized spacial score (nSPS) is 13.5. The maximum Gasteiger partial charge on any atom is 0.313 e. The summed E-state index contributed by atoms with van der Waals surface area (Å²) in [5.41, 5.74) is 4.42. The minimum absolute atomic E-state index is 0.0428. The number of ether oxygens (including phenoxy) is 1. The molecule has 6 nitrogen and oxygen atoms in total. The molecule has 0 saturated heterocycles. The highest BCUT2D eigenvalue weighted by atomic mass is 16.5. The van der Waals surface area contributed by atoms with E-state index in [0.29, 0.717) is 17.9 Å². The van der Waals surface area contributed by atoms with Gasteiger partial charge in [-0.15, -0.1) is 0 Å². The van der Waals surface area contributed by atoms with Gasteiger partial charge in [0.1, 0.15) is 5.75 Å². The summed E-state index contributed by atoms with van der Waals surface area (Å²) in [5, 5.41) is 15.3. The van der Waals surface area contributed by atoms with E-state index in [1.54, 1.807) is 12.1 Å². The molecule has 0 radical (unpaired) electrons. The number of aliphatic hydroxyl groups is 1. The van der Waals surface area contributed by atoms with E-state index in [0.717, 1.165) is 28.9 Å². The molecule has 0 bridgehead atoms. The van der Waals surface area contributed by atoms with Crippen LogP contribution in [0.3, 0.4) is 0 Å². The minimum Gasteiger partial charge on any atom is -0.493 e. The van der Waals surface area contributed by atoms with E-state index >= 15 is 0 Å². The SMILES string of the molecule is Cc1ccc(NC(=O)C(=O)NC[C@H](O)c2ccc3c(c2)CCO3)cc1C. The first-order chi connectivity index (χ1) is 12.4. The van der Waals surface area contributed by atoms with Crippen molar-refractivity contribution in [1.29, 1.82) is 0 Å². The lowest BCUT2D eigenvalue weighted by Gasteiger charge is -2.13. The van der Waals surface area contributed by atoms with Crippen LogP contribution in [0.2, 0.25) is 0 Å². The van der Waals surface area contributed by atoms with Gasteiger partial charge in [0.05, 0.1) is 12.7 Å². The van der Waals surface area contributed by atoms with Crippen LogP contribution in [-0.2, 0) is 16.0 Å². The maximum atomic E-state index is 12.0. The molecular formula is C20H22N2O4. The van der Waals surface area contributed by atoms with Gasteiger partial charge in [-0.25, -0.2) is 0 Å². The summed E-state index contributed by atoms with van der Waals surface area (Å²) in [5.74, 6) is -0.715. The van der Waals surface area contributed by atoms with Gasteiger partial charge in [-0.3, -0.25) is 9.59 Å². The molecule has 0 aromatic heterocycles. The quantitative estimate of drug-likeness (QED) is 0.733. The zero-order valence-corrected chi connectivity index (χ0v) is 14.8. The van der Waals surface area contributed by atoms with Crippen molar-refractivity contribution < 1.29 is 19.4 Å². The second kappa shape index (κ2) is 7.58. The second-order valence-electron chi connectivity index (χ2n) is 6.44. The summed E-state index contributed by atoms with van der Waals surface area (Å²) in [7, 11) is 0. The number of nitrogens with one attached hydrogen (secondary N) is 2. The third kappa shape index (κ3) is 4.03. The topological polar surface area (TPSA) is 87.7 Å². The molecule has 1 atom stereocenters. The van der Waals surface area contributed by atoms with Crippen LogP contribution in [0.25, 0.3) is 0 Å². The van der Waals surface area contributed by atoms with Crippen LogP contribution in [0.15, 0.2) is 36.4 Å². The summed E-state index contributed by atoms with van der Waals surface area (Å²) >= 11 is 0. The first-order valence-corrected chi connectivity index (χ1v) is 8.54. The summed E-state index contributed by atoms with van der Waals surface area (Å²) in [6, 6.07) is 10.9. The summed E-state index contributed by atoms with van der Waals surface area (Å²) < 4.78 is 5.43. The molecule has 2 aromatic rings. The van der Waals surface area contributed by atoms with Gasteiger partial charge >= 0.3 is 11.8 Å². The van der Waals surface area contributed by atoms with Gasteiger partial charge in [0.15, 0.2) is 0 Å². The molecule has 3 N–H and O–H groups in total. The number of hydrogen-bond acceptors (Lipinski definition) is 4. The van der Waals surface area contributed by atoms with Crippen LogP contribution < -0.4 is 15.4 Å². The molecule has 3 rings (SSSR count). The lowest BCUT2D eigenvalue weighted by molar-refractivity contribution is -0.136. The number of amides is 2. The highest BCUT2D eigenvalue weighted by Gasteiger charge is 2.18. The fourth-order valence-electron chi connectivity index (χ4n) is 2.81. The van der Waals surface area contributed by atoms with E-state index in [1.165, 1.54) is 0 Å². The van der Waals surface area contributed by atoms with E-state index in [2.05, 4.69) is 10.6 Å². The Balaban J connectivity index is 1.54. The zero-order chi connectivity index (χ0) is 18.7. The van der Waals surface area contributed by atoms with Crippen molar-refractivity contribution >= 4 is 17.5 Å². The fourth-order valence-corrected chi connectivity index (χ4v) is 2.81. The van der Waals surface area contributed by atoms with Gasteiger partial charge < -0.3 is 20.5 Å². The zero-order valence-electron chi connectivity index (χ0n) is 14.8. The second-order valence-corrected chi connectivity index (χ2v) is 6.44. The Morgan fingerprint density at radius 3 is 2.69 bits per heavy atom. The number of benzene rings is 2. The van der Waals surface area contributed by atoms with E-state index in [4.69, 9.17) is 4.74 Å². The average Bonchev–Trinajstić information content (AvgIpc) is 3.10. The van der Waals surface area contributed by atoms with E-state index in [1.807, 2.05) is 38.1 Å². The predicted octanol–water partition coefficient (Wildman–Crippen LogP) is 2.03. The molecule has 1 aliphatic heterocycles. The Morgan fingerprint density at radius 1 is 1.12 bits per heavy atom. The number of aliphatic hydroxyl groups excluding tert-OH is 1.